The number of aliphatic hydroxyl groups is 4. The van der Waals surface area contributed by atoms with Crippen molar-refractivity contribution >= 4 is 12.0 Å². The Hall–Kier alpha value is -2.82. The molecule has 2 heterocycles. The van der Waals surface area contributed by atoms with Crippen LogP contribution in [0.2, 0.25) is 0 Å². The number of ether oxygens (including phenoxy) is 2. The maximum absolute atomic E-state index is 12.1. The van der Waals surface area contributed by atoms with Gasteiger partial charge in [-0.15, -0.1) is 0 Å². The van der Waals surface area contributed by atoms with E-state index in [4.69, 9.17) is 16.2 Å². The number of hydrogen-bond donors (Lipinski definition) is 8. The standard InChI is InChI=1S/C15H23N5O10/c16-8(9(23)5(21)4-29-14(17)27)12(26)18-3-6-10(24)11(25)13(30-6)20-2-1-7(22)19-15(20)28/h1-2,5-6,8-11,13,21,23-25H,3-4,16H2,(H2,17,27)(H,18,26)(H,19,22,28)/t5-,6+,8-,9+,10?,11?,13+/m0/s1. The molecule has 15 heteroatoms. The molecule has 15 nitrogen and oxygen atoms in total. The normalized spacial score (nSPS) is 26.6. The van der Waals surface area contributed by atoms with Gasteiger partial charge >= 0.3 is 11.8 Å². The molecule has 7 atom stereocenters. The molecular weight excluding hydrogens is 410 g/mol. The fourth-order valence-corrected chi connectivity index (χ4v) is 2.73. The number of carbonyl (C=O) groups excluding carboxylic acids is 2. The fraction of sp³-hybridized carbons (Fsp3) is 0.600. The van der Waals surface area contributed by atoms with Crippen LogP contribution in [0.15, 0.2) is 21.9 Å². The van der Waals surface area contributed by atoms with Gasteiger partial charge in [-0.25, -0.2) is 9.59 Å². The Kier molecular flexibility index (Phi) is 7.65. The van der Waals surface area contributed by atoms with Crippen molar-refractivity contribution in [3.05, 3.63) is 33.1 Å². The van der Waals surface area contributed by atoms with Crippen molar-refractivity contribution < 1.29 is 39.5 Å². The minimum atomic E-state index is -1.81. The van der Waals surface area contributed by atoms with Gasteiger partial charge in [0.25, 0.3) is 5.56 Å². The summed E-state index contributed by atoms with van der Waals surface area (Å²) in [4.78, 5) is 47.5. The van der Waals surface area contributed by atoms with E-state index >= 15 is 0 Å². The van der Waals surface area contributed by atoms with Crippen LogP contribution in [-0.2, 0) is 14.3 Å². The number of rotatable bonds is 8. The Bertz CT molecular complexity index is 872. The van der Waals surface area contributed by atoms with Crippen LogP contribution in [0.1, 0.15) is 6.23 Å². The van der Waals surface area contributed by atoms with Gasteiger partial charge in [-0.1, -0.05) is 0 Å². The third kappa shape index (κ3) is 5.41. The Labute approximate surface area is 167 Å². The first-order valence-corrected chi connectivity index (χ1v) is 8.67. The van der Waals surface area contributed by atoms with Crippen molar-refractivity contribution in [1.82, 2.24) is 14.9 Å². The second-order valence-electron chi connectivity index (χ2n) is 6.52. The Morgan fingerprint density at radius 3 is 2.57 bits per heavy atom. The minimum Gasteiger partial charge on any atom is -0.447 e. The first kappa shape index (κ1) is 23.5. The molecule has 1 fully saturated rings. The molecule has 1 aromatic rings. The number of carbonyl (C=O) groups is 2. The number of nitrogens with zero attached hydrogens (tertiary/aromatic N) is 1. The second-order valence-corrected chi connectivity index (χ2v) is 6.52. The molecule has 2 amide bonds. The zero-order valence-electron chi connectivity index (χ0n) is 15.5. The molecule has 1 aliphatic heterocycles. The van der Waals surface area contributed by atoms with Crippen LogP contribution in [0.3, 0.4) is 0 Å². The van der Waals surface area contributed by atoms with Gasteiger partial charge in [-0.3, -0.25) is 19.1 Å². The Morgan fingerprint density at radius 2 is 1.97 bits per heavy atom. The molecule has 0 aliphatic carbocycles. The van der Waals surface area contributed by atoms with Gasteiger partial charge in [-0.2, -0.15) is 0 Å². The largest absolute Gasteiger partial charge is 0.447 e. The number of amides is 2. The Morgan fingerprint density at radius 1 is 1.30 bits per heavy atom. The maximum atomic E-state index is 12.1. The van der Waals surface area contributed by atoms with E-state index in [1.807, 2.05) is 4.98 Å². The number of aliphatic hydroxyl groups excluding tert-OH is 4. The molecule has 1 aromatic heterocycles. The summed E-state index contributed by atoms with van der Waals surface area (Å²) in [6.07, 6.45) is -9.18. The summed E-state index contributed by atoms with van der Waals surface area (Å²) in [5.41, 5.74) is 8.73. The summed E-state index contributed by atoms with van der Waals surface area (Å²) < 4.78 is 10.6. The quantitative estimate of drug-likeness (QED) is 0.192. The summed E-state index contributed by atoms with van der Waals surface area (Å²) in [5, 5.41) is 42.0. The predicted molar refractivity (Wildman–Crippen MR) is 95.8 cm³/mol. The summed E-state index contributed by atoms with van der Waals surface area (Å²) in [5.74, 6) is -0.949. The Balaban J connectivity index is 1.95. The van der Waals surface area contributed by atoms with Gasteiger partial charge in [0.15, 0.2) is 6.23 Å². The fourth-order valence-electron chi connectivity index (χ4n) is 2.73. The number of primary amides is 1. The van der Waals surface area contributed by atoms with Gasteiger partial charge in [-0.05, 0) is 0 Å². The third-order valence-corrected chi connectivity index (χ3v) is 4.40. The molecule has 30 heavy (non-hydrogen) atoms. The number of nitrogens with one attached hydrogen (secondary N) is 2. The number of aromatic amines is 1. The van der Waals surface area contributed by atoms with Crippen molar-refractivity contribution in [2.45, 2.75) is 42.8 Å². The summed E-state index contributed by atoms with van der Waals surface area (Å²) in [6.45, 7) is -1.07. The molecule has 2 rings (SSSR count). The average Bonchev–Trinajstić information content (AvgIpc) is 2.97. The van der Waals surface area contributed by atoms with Crippen LogP contribution < -0.4 is 28.0 Å². The first-order valence-electron chi connectivity index (χ1n) is 8.67. The zero-order valence-corrected chi connectivity index (χ0v) is 15.5. The van der Waals surface area contributed by atoms with Crippen LogP contribution in [0.4, 0.5) is 4.79 Å². The maximum Gasteiger partial charge on any atom is 0.404 e. The van der Waals surface area contributed by atoms with Crippen LogP contribution in [-0.4, -0.2) is 91.7 Å². The minimum absolute atomic E-state index is 0.375. The molecule has 0 radical (unpaired) electrons. The molecule has 10 N–H and O–H groups in total. The van der Waals surface area contributed by atoms with Crippen molar-refractivity contribution in [3.63, 3.8) is 0 Å². The van der Waals surface area contributed by atoms with E-state index in [9.17, 15) is 39.6 Å². The van der Waals surface area contributed by atoms with Crippen LogP contribution in [0.5, 0.6) is 0 Å². The van der Waals surface area contributed by atoms with Gasteiger partial charge < -0.3 is 46.7 Å². The highest BCUT2D eigenvalue weighted by Gasteiger charge is 2.44. The van der Waals surface area contributed by atoms with Gasteiger partial charge in [0, 0.05) is 18.8 Å². The first-order chi connectivity index (χ1) is 14.0. The van der Waals surface area contributed by atoms with Crippen molar-refractivity contribution in [2.24, 2.45) is 11.5 Å². The van der Waals surface area contributed by atoms with Crippen molar-refractivity contribution in [3.8, 4) is 0 Å². The third-order valence-electron chi connectivity index (χ3n) is 4.40. The highest BCUT2D eigenvalue weighted by Crippen LogP contribution is 2.27. The van der Waals surface area contributed by atoms with Gasteiger partial charge in [0.2, 0.25) is 5.91 Å². The highest BCUT2D eigenvalue weighted by atomic mass is 16.6. The zero-order chi connectivity index (χ0) is 22.6. The molecule has 0 saturated carbocycles. The lowest BCUT2D eigenvalue weighted by Crippen LogP contribution is -2.55. The SMILES string of the molecule is NC(=O)OC[C@H](O)[C@@H](O)[C@H](N)C(=O)NC[C@H]1O[C@@H](n2ccc(=O)[nH]c2=O)C(O)C1O. The average molecular weight is 433 g/mol. The molecule has 0 aromatic carbocycles. The lowest BCUT2D eigenvalue weighted by Gasteiger charge is -2.23. The van der Waals surface area contributed by atoms with Crippen molar-refractivity contribution in [2.75, 3.05) is 13.2 Å². The van der Waals surface area contributed by atoms with Crippen molar-refractivity contribution in [1.29, 1.82) is 0 Å². The highest BCUT2D eigenvalue weighted by molar-refractivity contribution is 5.82. The van der Waals surface area contributed by atoms with E-state index in [0.717, 1.165) is 16.8 Å². The molecule has 168 valence electrons. The number of hydrogen-bond acceptors (Lipinski definition) is 11. The number of nitrogens with two attached hydrogens (primary N) is 2. The lowest BCUT2D eigenvalue weighted by atomic mass is 10.1. The van der Waals surface area contributed by atoms with Crippen LogP contribution >= 0.6 is 0 Å². The summed E-state index contributed by atoms with van der Waals surface area (Å²) in [7, 11) is 0. The second kappa shape index (κ2) is 9.79. The van der Waals surface area contributed by atoms with E-state index in [-0.39, 0.29) is 6.54 Å². The lowest BCUT2D eigenvalue weighted by molar-refractivity contribution is -0.128. The van der Waals surface area contributed by atoms with E-state index < -0.39 is 72.6 Å². The molecule has 0 bridgehead atoms. The van der Waals surface area contributed by atoms with Gasteiger partial charge in [0.05, 0.1) is 0 Å². The molecule has 1 aliphatic rings. The molecule has 2 unspecified atom stereocenters. The predicted octanol–water partition coefficient (Wildman–Crippen LogP) is -5.58. The van der Waals surface area contributed by atoms with E-state index in [1.165, 1.54) is 0 Å². The summed E-state index contributed by atoms with van der Waals surface area (Å²) in [6, 6.07) is -0.621. The molecular formula is C15H23N5O10. The summed E-state index contributed by atoms with van der Waals surface area (Å²) >= 11 is 0. The van der Waals surface area contributed by atoms with Crippen LogP contribution in [0, 0.1) is 0 Å². The topological polar surface area (TPSA) is 252 Å². The number of aromatic nitrogens is 2. The number of H-pyrrole nitrogens is 1. The van der Waals surface area contributed by atoms with Crippen LogP contribution in [0.25, 0.3) is 0 Å². The molecule has 1 saturated heterocycles. The van der Waals surface area contributed by atoms with E-state index in [0.29, 0.717) is 0 Å². The van der Waals surface area contributed by atoms with Gasteiger partial charge in [0.1, 0.15) is 43.2 Å². The smallest absolute Gasteiger partial charge is 0.404 e. The van der Waals surface area contributed by atoms with E-state index in [1.54, 1.807) is 0 Å². The molecule has 0 spiro atoms. The van der Waals surface area contributed by atoms with E-state index in [2.05, 4.69) is 10.1 Å². The monoisotopic (exact) mass is 433 g/mol.